The Labute approximate surface area is 133 Å². The highest BCUT2D eigenvalue weighted by atomic mass is 79.9. The van der Waals surface area contributed by atoms with Gasteiger partial charge >= 0.3 is 0 Å². The molecule has 0 bridgehead atoms. The third-order valence-electron chi connectivity index (χ3n) is 2.87. The van der Waals surface area contributed by atoms with Gasteiger partial charge in [0, 0.05) is 11.4 Å². The van der Waals surface area contributed by atoms with Crippen LogP contribution >= 0.6 is 38.6 Å². The summed E-state index contributed by atoms with van der Waals surface area (Å²) in [5.74, 6) is 0.973. The van der Waals surface area contributed by atoms with Crippen molar-refractivity contribution in [2.75, 3.05) is 11.4 Å². The number of nitrogens with zero attached hydrogens (tertiary/aromatic N) is 3. The van der Waals surface area contributed by atoms with Crippen molar-refractivity contribution in [3.05, 3.63) is 51.2 Å². The number of anilines is 1. The zero-order chi connectivity index (χ0) is 13.9. The number of fused-ring (bicyclic) bond motifs is 1. The summed E-state index contributed by atoms with van der Waals surface area (Å²) in [7, 11) is 0. The molecule has 0 fully saturated rings. The van der Waals surface area contributed by atoms with Gasteiger partial charge < -0.3 is 4.90 Å². The summed E-state index contributed by atoms with van der Waals surface area (Å²) in [5.41, 5.74) is 0. The van der Waals surface area contributed by atoms with Crippen LogP contribution in [0.5, 0.6) is 0 Å². The Morgan fingerprint density at radius 3 is 2.95 bits per heavy atom. The largest absolute Gasteiger partial charge is 0.347 e. The summed E-state index contributed by atoms with van der Waals surface area (Å²) >= 11 is 6.89. The fourth-order valence-electron chi connectivity index (χ4n) is 2.04. The van der Waals surface area contributed by atoms with Crippen LogP contribution in [0.25, 0.3) is 10.2 Å². The zero-order valence-corrected chi connectivity index (χ0v) is 13.8. The highest BCUT2D eigenvalue weighted by Crippen LogP contribution is 2.29. The lowest BCUT2D eigenvalue weighted by Gasteiger charge is -2.22. The molecule has 0 atom stereocenters. The SMILES string of the molecule is C=CCN(Cc1ccc(Br)s1)c1ncnc2sccc12. The van der Waals surface area contributed by atoms with Crippen molar-refractivity contribution in [1.82, 2.24) is 9.97 Å². The Bertz CT molecular complexity index is 735. The van der Waals surface area contributed by atoms with Crippen molar-refractivity contribution in [2.24, 2.45) is 0 Å². The van der Waals surface area contributed by atoms with Crippen molar-refractivity contribution in [2.45, 2.75) is 6.54 Å². The minimum absolute atomic E-state index is 0.761. The third kappa shape index (κ3) is 2.77. The molecule has 3 aromatic rings. The van der Waals surface area contributed by atoms with Gasteiger partial charge in [0.2, 0.25) is 0 Å². The van der Waals surface area contributed by atoms with Crippen LogP contribution in [0.1, 0.15) is 4.88 Å². The summed E-state index contributed by atoms with van der Waals surface area (Å²) in [5, 5.41) is 3.16. The second kappa shape index (κ2) is 6.03. The molecule has 0 saturated heterocycles. The van der Waals surface area contributed by atoms with E-state index in [1.165, 1.54) is 4.88 Å². The topological polar surface area (TPSA) is 29.0 Å². The summed E-state index contributed by atoms with van der Waals surface area (Å²) in [4.78, 5) is 13.3. The summed E-state index contributed by atoms with van der Waals surface area (Å²) in [6.45, 7) is 5.44. The minimum Gasteiger partial charge on any atom is -0.347 e. The van der Waals surface area contributed by atoms with Crippen LogP contribution in [0, 0.1) is 0 Å². The Kier molecular flexibility index (Phi) is 4.14. The Morgan fingerprint density at radius 2 is 2.20 bits per heavy atom. The van der Waals surface area contributed by atoms with Gasteiger partial charge in [-0.05, 0) is 39.5 Å². The van der Waals surface area contributed by atoms with E-state index in [2.05, 4.69) is 61.0 Å². The zero-order valence-electron chi connectivity index (χ0n) is 10.6. The fraction of sp³-hybridized carbons (Fsp3) is 0.143. The van der Waals surface area contributed by atoms with Crippen LogP contribution in [0.2, 0.25) is 0 Å². The minimum atomic E-state index is 0.761. The van der Waals surface area contributed by atoms with E-state index in [-0.39, 0.29) is 0 Å². The smallest absolute Gasteiger partial charge is 0.141 e. The Hall–Kier alpha value is -1.24. The molecule has 0 N–H and O–H groups in total. The normalized spacial score (nSPS) is 10.8. The molecule has 0 saturated carbocycles. The summed E-state index contributed by atoms with van der Waals surface area (Å²) in [6, 6.07) is 6.29. The van der Waals surface area contributed by atoms with E-state index in [0.29, 0.717) is 0 Å². The van der Waals surface area contributed by atoms with E-state index in [9.17, 15) is 0 Å². The van der Waals surface area contributed by atoms with Gasteiger partial charge in [0.25, 0.3) is 0 Å². The molecule has 3 rings (SSSR count). The van der Waals surface area contributed by atoms with Crippen molar-refractivity contribution < 1.29 is 0 Å². The molecule has 0 aliphatic rings. The van der Waals surface area contributed by atoms with Gasteiger partial charge in [0.05, 0.1) is 15.7 Å². The van der Waals surface area contributed by atoms with Crippen molar-refractivity contribution in [1.29, 1.82) is 0 Å². The quantitative estimate of drug-likeness (QED) is 0.613. The number of thiophene rings is 2. The summed E-state index contributed by atoms with van der Waals surface area (Å²) in [6.07, 6.45) is 3.54. The van der Waals surface area contributed by atoms with Crippen molar-refractivity contribution in [3.63, 3.8) is 0 Å². The molecule has 0 amide bonds. The maximum absolute atomic E-state index is 4.47. The molecule has 6 heteroatoms. The fourth-order valence-corrected chi connectivity index (χ4v) is 4.26. The van der Waals surface area contributed by atoms with Gasteiger partial charge in [-0.15, -0.1) is 29.3 Å². The maximum Gasteiger partial charge on any atom is 0.141 e. The van der Waals surface area contributed by atoms with Crippen LogP contribution in [0.4, 0.5) is 5.82 Å². The average Bonchev–Trinajstić information content (AvgIpc) is 3.06. The van der Waals surface area contributed by atoms with Gasteiger partial charge in [-0.2, -0.15) is 0 Å². The predicted octanol–water partition coefficient (Wildman–Crippen LogP) is 4.71. The van der Waals surface area contributed by atoms with Crippen LogP contribution < -0.4 is 4.90 Å². The van der Waals surface area contributed by atoms with Gasteiger partial charge in [-0.25, -0.2) is 9.97 Å². The lowest BCUT2D eigenvalue weighted by Crippen LogP contribution is -2.23. The monoisotopic (exact) mass is 365 g/mol. The third-order valence-corrected chi connectivity index (χ3v) is 5.29. The number of aromatic nitrogens is 2. The lowest BCUT2D eigenvalue weighted by molar-refractivity contribution is 0.861. The Morgan fingerprint density at radius 1 is 1.30 bits per heavy atom. The lowest BCUT2D eigenvalue weighted by atomic mass is 10.3. The van der Waals surface area contributed by atoms with Crippen molar-refractivity contribution in [3.8, 4) is 0 Å². The molecule has 20 heavy (non-hydrogen) atoms. The number of hydrogen-bond acceptors (Lipinski definition) is 5. The molecule has 102 valence electrons. The van der Waals surface area contributed by atoms with Crippen LogP contribution in [-0.4, -0.2) is 16.5 Å². The van der Waals surface area contributed by atoms with E-state index in [0.717, 1.165) is 32.9 Å². The standard InChI is InChI=1S/C14H12BrN3S2/c1-2-6-18(8-10-3-4-12(15)20-10)13-11-5-7-19-14(11)17-9-16-13/h2-5,7,9H,1,6,8H2. The molecule has 3 nitrogen and oxygen atoms in total. The number of halogens is 1. The van der Waals surface area contributed by atoms with E-state index in [1.54, 1.807) is 29.0 Å². The molecule has 0 aliphatic heterocycles. The first-order valence-corrected chi connectivity index (χ1v) is 8.55. The molecule has 0 aromatic carbocycles. The van der Waals surface area contributed by atoms with Crippen molar-refractivity contribution >= 4 is 54.6 Å². The summed E-state index contributed by atoms with van der Waals surface area (Å²) < 4.78 is 1.15. The molecular weight excluding hydrogens is 354 g/mol. The second-order valence-corrected chi connectivity index (χ2v) is 7.65. The van der Waals surface area contributed by atoms with E-state index in [4.69, 9.17) is 0 Å². The van der Waals surface area contributed by atoms with Gasteiger partial charge in [0.1, 0.15) is 17.0 Å². The van der Waals surface area contributed by atoms with E-state index in [1.807, 2.05) is 6.08 Å². The van der Waals surface area contributed by atoms with Gasteiger partial charge in [0.15, 0.2) is 0 Å². The van der Waals surface area contributed by atoms with E-state index < -0.39 is 0 Å². The molecule has 0 radical (unpaired) electrons. The second-order valence-electron chi connectivity index (χ2n) is 4.21. The number of hydrogen-bond donors (Lipinski definition) is 0. The highest BCUT2D eigenvalue weighted by molar-refractivity contribution is 9.11. The van der Waals surface area contributed by atoms with Crippen LogP contribution in [0.3, 0.4) is 0 Å². The van der Waals surface area contributed by atoms with Gasteiger partial charge in [-0.1, -0.05) is 6.08 Å². The first-order chi connectivity index (χ1) is 9.78. The molecule has 3 aromatic heterocycles. The molecule has 0 spiro atoms. The van der Waals surface area contributed by atoms with E-state index >= 15 is 0 Å². The first kappa shape index (κ1) is 13.7. The predicted molar refractivity (Wildman–Crippen MR) is 90.7 cm³/mol. The highest BCUT2D eigenvalue weighted by Gasteiger charge is 2.13. The average molecular weight is 366 g/mol. The molecule has 0 unspecified atom stereocenters. The molecular formula is C14H12BrN3S2. The van der Waals surface area contributed by atoms with Crippen LogP contribution in [-0.2, 0) is 6.54 Å². The maximum atomic E-state index is 4.47. The molecule has 0 aliphatic carbocycles. The van der Waals surface area contributed by atoms with Gasteiger partial charge in [-0.3, -0.25) is 0 Å². The van der Waals surface area contributed by atoms with Crippen LogP contribution in [0.15, 0.2) is 46.3 Å². The first-order valence-electron chi connectivity index (χ1n) is 6.06. The Balaban J connectivity index is 1.97. The number of rotatable bonds is 5. The molecule has 3 heterocycles.